The predicted octanol–water partition coefficient (Wildman–Crippen LogP) is 1.39. The highest BCUT2D eigenvalue weighted by Gasteiger charge is 2.50. The monoisotopic (exact) mass is 183 g/mol. The average molecular weight is 183 g/mol. The molecule has 0 bridgehead atoms. The average Bonchev–Trinajstić information content (AvgIpc) is 2.29. The Hall–Kier alpha value is -0.940. The summed E-state index contributed by atoms with van der Waals surface area (Å²) in [6.07, 6.45) is -5.28. The van der Waals surface area contributed by atoms with Crippen LogP contribution in [0.3, 0.4) is 0 Å². The number of hydrogen-bond donors (Lipinski definition) is 0. The maximum atomic E-state index is 12.1. The van der Waals surface area contributed by atoms with E-state index in [1.807, 2.05) is 0 Å². The van der Waals surface area contributed by atoms with Gasteiger partial charge in [0.15, 0.2) is 6.04 Å². The molecule has 0 aromatic rings. The molecule has 1 atom stereocenters. The number of ether oxygens (including phenoxy) is 1. The van der Waals surface area contributed by atoms with Gasteiger partial charge in [0.2, 0.25) is 0 Å². The van der Waals surface area contributed by atoms with Crippen LogP contribution in [0.15, 0.2) is 0 Å². The first-order chi connectivity index (χ1) is 5.46. The van der Waals surface area contributed by atoms with E-state index in [1.54, 1.807) is 0 Å². The second-order valence-corrected chi connectivity index (χ2v) is 2.42. The van der Waals surface area contributed by atoms with Gasteiger partial charge in [-0.05, 0) is 6.92 Å². The summed E-state index contributed by atoms with van der Waals surface area (Å²) in [5.41, 5.74) is 0. The number of carbonyl (C=O) groups excluding carboxylic acids is 1. The lowest BCUT2D eigenvalue weighted by Gasteiger charge is -2.21. The van der Waals surface area contributed by atoms with Crippen LogP contribution in [0, 0.1) is 0 Å². The molecule has 6 heteroatoms. The zero-order valence-electron chi connectivity index (χ0n) is 6.39. The van der Waals surface area contributed by atoms with E-state index in [2.05, 4.69) is 4.74 Å². The Morgan fingerprint density at radius 3 is 2.58 bits per heavy atom. The van der Waals surface area contributed by atoms with E-state index in [0.717, 1.165) is 0 Å². The summed E-state index contributed by atoms with van der Waals surface area (Å²) in [6, 6.07) is -1.77. The van der Waals surface area contributed by atoms with Crippen molar-refractivity contribution in [3.05, 3.63) is 0 Å². The Kier molecular flexibility index (Phi) is 2.16. The quantitative estimate of drug-likeness (QED) is 0.614. The minimum atomic E-state index is -4.39. The fourth-order valence-corrected chi connectivity index (χ4v) is 1.07. The van der Waals surface area contributed by atoms with Crippen LogP contribution in [0.4, 0.5) is 18.0 Å². The molecule has 70 valence electrons. The lowest BCUT2D eigenvalue weighted by atomic mass is 10.3. The van der Waals surface area contributed by atoms with E-state index in [0.29, 0.717) is 4.90 Å². The highest BCUT2D eigenvalue weighted by molar-refractivity contribution is 5.70. The van der Waals surface area contributed by atoms with Crippen LogP contribution in [0.2, 0.25) is 0 Å². The summed E-state index contributed by atoms with van der Waals surface area (Å²) < 4.78 is 40.6. The van der Waals surface area contributed by atoms with Gasteiger partial charge < -0.3 is 4.74 Å². The molecular formula is C6H8F3NO2. The normalized spacial score (nSPS) is 24.5. The van der Waals surface area contributed by atoms with Crippen molar-refractivity contribution in [1.29, 1.82) is 0 Å². The van der Waals surface area contributed by atoms with Crippen molar-refractivity contribution in [2.24, 2.45) is 0 Å². The van der Waals surface area contributed by atoms with Crippen molar-refractivity contribution in [2.45, 2.75) is 19.1 Å². The molecule has 0 aliphatic carbocycles. The van der Waals surface area contributed by atoms with E-state index in [1.165, 1.54) is 6.92 Å². The van der Waals surface area contributed by atoms with Gasteiger partial charge in [0.25, 0.3) is 0 Å². The van der Waals surface area contributed by atoms with Crippen molar-refractivity contribution >= 4 is 6.09 Å². The molecule has 1 heterocycles. The molecule has 3 nitrogen and oxygen atoms in total. The molecular weight excluding hydrogens is 175 g/mol. The Balaban J connectivity index is 2.73. The first-order valence-corrected chi connectivity index (χ1v) is 3.47. The van der Waals surface area contributed by atoms with Gasteiger partial charge in [0, 0.05) is 6.54 Å². The Morgan fingerprint density at radius 2 is 2.25 bits per heavy atom. The van der Waals surface area contributed by atoms with Gasteiger partial charge in [-0.25, -0.2) is 4.79 Å². The van der Waals surface area contributed by atoms with E-state index < -0.39 is 24.9 Å². The molecule has 1 amide bonds. The molecule has 1 rings (SSSR count). The summed E-state index contributed by atoms with van der Waals surface area (Å²) in [7, 11) is 0. The second kappa shape index (κ2) is 2.84. The zero-order chi connectivity index (χ0) is 9.35. The third-order valence-corrected chi connectivity index (χ3v) is 1.69. The van der Waals surface area contributed by atoms with E-state index >= 15 is 0 Å². The van der Waals surface area contributed by atoms with Crippen LogP contribution in [0.5, 0.6) is 0 Å². The Bertz CT molecular complexity index is 192. The molecule has 1 aliphatic rings. The number of likely N-dealkylation sites (N-methyl/N-ethyl adjacent to an activating group) is 1. The van der Waals surface area contributed by atoms with Crippen LogP contribution in [-0.2, 0) is 4.74 Å². The van der Waals surface area contributed by atoms with Gasteiger partial charge in [0.05, 0.1) is 0 Å². The number of halogens is 3. The van der Waals surface area contributed by atoms with Crippen LogP contribution in [-0.4, -0.2) is 36.4 Å². The third-order valence-electron chi connectivity index (χ3n) is 1.69. The molecule has 12 heavy (non-hydrogen) atoms. The number of cyclic esters (lactones) is 1. The summed E-state index contributed by atoms with van der Waals surface area (Å²) >= 11 is 0. The predicted molar refractivity (Wildman–Crippen MR) is 33.6 cm³/mol. The molecule has 0 N–H and O–H groups in total. The fourth-order valence-electron chi connectivity index (χ4n) is 1.07. The Morgan fingerprint density at radius 1 is 1.67 bits per heavy atom. The summed E-state index contributed by atoms with van der Waals surface area (Å²) in [6.45, 7) is 0.907. The number of hydrogen-bond acceptors (Lipinski definition) is 2. The van der Waals surface area contributed by atoms with Crippen LogP contribution in [0.1, 0.15) is 6.92 Å². The summed E-state index contributed by atoms with van der Waals surface area (Å²) in [5.74, 6) is 0. The van der Waals surface area contributed by atoms with Gasteiger partial charge in [-0.1, -0.05) is 0 Å². The molecule has 0 saturated carbocycles. The van der Waals surface area contributed by atoms with E-state index in [-0.39, 0.29) is 6.54 Å². The van der Waals surface area contributed by atoms with Gasteiger partial charge in [-0.2, -0.15) is 13.2 Å². The maximum Gasteiger partial charge on any atom is 0.412 e. The van der Waals surface area contributed by atoms with Crippen molar-refractivity contribution in [1.82, 2.24) is 4.90 Å². The zero-order valence-corrected chi connectivity index (χ0v) is 6.39. The highest BCUT2D eigenvalue weighted by Crippen LogP contribution is 2.28. The smallest absolute Gasteiger partial charge is 0.412 e. The Labute approximate surface area is 67.1 Å². The fraction of sp³-hybridized carbons (Fsp3) is 0.833. The van der Waals surface area contributed by atoms with Crippen molar-refractivity contribution in [3.8, 4) is 0 Å². The summed E-state index contributed by atoms with van der Waals surface area (Å²) in [4.78, 5) is 11.3. The largest absolute Gasteiger partial charge is 0.447 e. The molecule has 1 aliphatic heterocycles. The van der Waals surface area contributed by atoms with Gasteiger partial charge >= 0.3 is 12.3 Å². The lowest BCUT2D eigenvalue weighted by molar-refractivity contribution is -0.170. The number of alkyl halides is 3. The highest BCUT2D eigenvalue weighted by atomic mass is 19.4. The minimum absolute atomic E-state index is 0.0169. The standard InChI is InChI=1S/C6H8F3NO2/c1-2-10-4(6(7,8)9)3-12-5(10)11/h4H,2-3H2,1H3. The molecule has 0 radical (unpaired) electrons. The maximum absolute atomic E-state index is 12.1. The summed E-state index contributed by atoms with van der Waals surface area (Å²) in [5, 5.41) is 0. The molecule has 1 saturated heterocycles. The molecule has 0 aromatic heterocycles. The first kappa shape index (κ1) is 9.15. The topological polar surface area (TPSA) is 29.5 Å². The van der Waals surface area contributed by atoms with Gasteiger partial charge in [0.1, 0.15) is 6.61 Å². The van der Waals surface area contributed by atoms with Crippen molar-refractivity contribution in [2.75, 3.05) is 13.2 Å². The van der Waals surface area contributed by atoms with Gasteiger partial charge in [-0.3, -0.25) is 4.90 Å². The first-order valence-electron chi connectivity index (χ1n) is 3.47. The number of carbonyl (C=O) groups is 1. The number of nitrogens with zero attached hydrogens (tertiary/aromatic N) is 1. The van der Waals surface area contributed by atoms with Crippen LogP contribution < -0.4 is 0 Å². The molecule has 1 unspecified atom stereocenters. The SMILES string of the molecule is CCN1C(=O)OCC1C(F)(F)F. The van der Waals surface area contributed by atoms with Crippen molar-refractivity contribution in [3.63, 3.8) is 0 Å². The lowest BCUT2D eigenvalue weighted by Crippen LogP contribution is -2.43. The second-order valence-electron chi connectivity index (χ2n) is 2.42. The van der Waals surface area contributed by atoms with E-state index in [4.69, 9.17) is 0 Å². The number of amides is 1. The molecule has 1 fully saturated rings. The van der Waals surface area contributed by atoms with Crippen LogP contribution in [0.25, 0.3) is 0 Å². The van der Waals surface area contributed by atoms with Crippen LogP contribution >= 0.6 is 0 Å². The molecule has 0 aromatic carbocycles. The number of rotatable bonds is 1. The van der Waals surface area contributed by atoms with Gasteiger partial charge in [-0.15, -0.1) is 0 Å². The minimum Gasteiger partial charge on any atom is -0.447 e. The van der Waals surface area contributed by atoms with E-state index in [9.17, 15) is 18.0 Å². The third kappa shape index (κ3) is 1.46. The van der Waals surface area contributed by atoms with Crippen molar-refractivity contribution < 1.29 is 22.7 Å². The molecule has 0 spiro atoms.